The van der Waals surface area contributed by atoms with Crippen LogP contribution in [0.4, 0.5) is 0 Å². The molecule has 2 aromatic rings. The molecule has 0 aliphatic carbocycles. The summed E-state index contributed by atoms with van der Waals surface area (Å²) >= 11 is 0. The molecule has 1 aliphatic heterocycles. The number of furan rings is 1. The van der Waals surface area contributed by atoms with Gasteiger partial charge < -0.3 is 4.42 Å². The summed E-state index contributed by atoms with van der Waals surface area (Å²) in [6, 6.07) is 10.1. The van der Waals surface area contributed by atoms with Gasteiger partial charge in [0.15, 0.2) is 0 Å². The van der Waals surface area contributed by atoms with E-state index in [0.717, 1.165) is 0 Å². The van der Waals surface area contributed by atoms with Gasteiger partial charge in [0.25, 0.3) is 10.0 Å². The van der Waals surface area contributed by atoms with E-state index in [9.17, 15) is 8.42 Å². The van der Waals surface area contributed by atoms with E-state index in [0.29, 0.717) is 17.2 Å². The Morgan fingerprint density at radius 3 is 2.74 bits per heavy atom. The van der Waals surface area contributed by atoms with E-state index in [1.165, 1.54) is 0 Å². The van der Waals surface area contributed by atoms with Crippen LogP contribution in [0.1, 0.15) is 24.3 Å². The molecule has 1 atom stereocenters. The van der Waals surface area contributed by atoms with Crippen LogP contribution in [0.2, 0.25) is 0 Å². The number of hydrogen-bond acceptors (Lipinski definition) is 4. The number of amidine groups is 1. The lowest BCUT2D eigenvalue weighted by Crippen LogP contribution is -2.22. The molecule has 0 spiro atoms. The normalized spacial score (nSPS) is 19.9. The molecule has 5 nitrogen and oxygen atoms in total. The van der Waals surface area contributed by atoms with Crippen molar-refractivity contribution in [2.24, 2.45) is 4.99 Å². The number of nitrogens with one attached hydrogen (secondary N) is 1. The Morgan fingerprint density at radius 1 is 1.21 bits per heavy atom. The third-order valence-electron chi connectivity index (χ3n) is 2.94. The lowest BCUT2D eigenvalue weighted by molar-refractivity contribution is 0.480. The molecule has 0 bridgehead atoms. The molecule has 98 valence electrons. The molecule has 1 unspecified atom stereocenters. The van der Waals surface area contributed by atoms with Crippen molar-refractivity contribution < 1.29 is 12.8 Å². The Balaban J connectivity index is 2.05. The number of sulfonamides is 1. The number of fused-ring (bicyclic) bond motifs is 1. The Kier molecular flexibility index (Phi) is 2.67. The maximum absolute atomic E-state index is 11.9. The third kappa shape index (κ3) is 2.04. The maximum Gasteiger partial charge on any atom is 0.263 e. The number of rotatable bonds is 2. The number of aliphatic imine (C=N–C) groups is 1. The minimum absolute atomic E-state index is 0.251. The van der Waals surface area contributed by atoms with Crippen LogP contribution in [0.3, 0.4) is 0 Å². The van der Waals surface area contributed by atoms with Gasteiger partial charge in [0, 0.05) is 5.56 Å². The minimum Gasteiger partial charge on any atom is -0.467 e. The van der Waals surface area contributed by atoms with Crippen molar-refractivity contribution in [3.63, 3.8) is 0 Å². The summed E-state index contributed by atoms with van der Waals surface area (Å²) in [5, 5.41) is 0. The van der Waals surface area contributed by atoms with Gasteiger partial charge in [-0.2, -0.15) is 0 Å². The molecule has 3 rings (SSSR count). The fraction of sp³-hybridized carbons (Fsp3) is 0.154. The highest BCUT2D eigenvalue weighted by Gasteiger charge is 2.30. The second-order valence-corrected chi connectivity index (χ2v) is 5.92. The monoisotopic (exact) mass is 276 g/mol. The first-order valence-electron chi connectivity index (χ1n) is 5.81. The first-order chi connectivity index (χ1) is 9.08. The van der Waals surface area contributed by atoms with E-state index < -0.39 is 10.0 Å². The quantitative estimate of drug-likeness (QED) is 0.912. The standard InChI is InChI=1S/C13H12N2O3S/c1-9(11-6-4-8-18-11)14-13-10-5-2-3-7-12(10)19(16,17)15-13/h2-9H,1H3,(H,14,15). The molecule has 1 N–H and O–H groups in total. The molecule has 0 saturated heterocycles. The van der Waals surface area contributed by atoms with E-state index in [1.807, 2.05) is 13.0 Å². The molecular weight excluding hydrogens is 264 g/mol. The SMILES string of the molecule is CC(N=C1NS(=O)(=O)c2ccccc21)c1ccco1. The summed E-state index contributed by atoms with van der Waals surface area (Å²) in [6.07, 6.45) is 1.57. The van der Waals surface area contributed by atoms with Gasteiger partial charge in [0.1, 0.15) is 17.6 Å². The molecule has 2 heterocycles. The van der Waals surface area contributed by atoms with Crippen LogP contribution in [0.5, 0.6) is 0 Å². The zero-order valence-electron chi connectivity index (χ0n) is 10.2. The van der Waals surface area contributed by atoms with Crippen molar-refractivity contribution in [1.29, 1.82) is 0 Å². The summed E-state index contributed by atoms with van der Waals surface area (Å²) < 4.78 is 31.6. The van der Waals surface area contributed by atoms with Crippen LogP contribution in [-0.4, -0.2) is 14.3 Å². The van der Waals surface area contributed by atoms with Gasteiger partial charge in [-0.15, -0.1) is 0 Å². The first kappa shape index (κ1) is 12.0. The van der Waals surface area contributed by atoms with Crippen LogP contribution < -0.4 is 4.72 Å². The second-order valence-electron chi connectivity index (χ2n) is 4.27. The van der Waals surface area contributed by atoms with Crippen LogP contribution in [0.25, 0.3) is 0 Å². The predicted octanol–water partition coefficient (Wildman–Crippen LogP) is 2.08. The van der Waals surface area contributed by atoms with Crippen molar-refractivity contribution in [2.45, 2.75) is 17.9 Å². The largest absolute Gasteiger partial charge is 0.467 e. The Labute approximate surface area is 111 Å². The predicted molar refractivity (Wildman–Crippen MR) is 70.4 cm³/mol. The van der Waals surface area contributed by atoms with Crippen molar-refractivity contribution in [1.82, 2.24) is 4.72 Å². The van der Waals surface area contributed by atoms with E-state index >= 15 is 0 Å². The molecule has 0 fully saturated rings. The van der Waals surface area contributed by atoms with Gasteiger partial charge in [0.05, 0.1) is 11.2 Å². The zero-order chi connectivity index (χ0) is 13.5. The van der Waals surface area contributed by atoms with Gasteiger partial charge in [0.2, 0.25) is 0 Å². The minimum atomic E-state index is -3.48. The maximum atomic E-state index is 11.9. The third-order valence-corrected chi connectivity index (χ3v) is 4.34. The fourth-order valence-electron chi connectivity index (χ4n) is 2.02. The lowest BCUT2D eigenvalue weighted by atomic mass is 10.2. The second kappa shape index (κ2) is 4.24. The first-order valence-corrected chi connectivity index (χ1v) is 7.30. The number of nitrogens with zero attached hydrogens (tertiary/aromatic N) is 1. The van der Waals surface area contributed by atoms with E-state index in [4.69, 9.17) is 4.42 Å². The van der Waals surface area contributed by atoms with Gasteiger partial charge in [-0.05, 0) is 31.2 Å². The van der Waals surface area contributed by atoms with Crippen LogP contribution in [0, 0.1) is 0 Å². The average molecular weight is 276 g/mol. The van der Waals surface area contributed by atoms with Gasteiger partial charge in [-0.1, -0.05) is 12.1 Å². The molecule has 0 radical (unpaired) electrons. The molecule has 6 heteroatoms. The van der Waals surface area contributed by atoms with Gasteiger partial charge >= 0.3 is 0 Å². The molecule has 0 saturated carbocycles. The summed E-state index contributed by atoms with van der Waals surface area (Å²) in [5.41, 5.74) is 0.598. The molecule has 1 aliphatic rings. The Morgan fingerprint density at radius 2 is 2.00 bits per heavy atom. The summed E-state index contributed by atoms with van der Waals surface area (Å²) in [7, 11) is -3.48. The lowest BCUT2D eigenvalue weighted by Gasteiger charge is -2.04. The summed E-state index contributed by atoms with van der Waals surface area (Å²) in [6.45, 7) is 1.85. The number of benzene rings is 1. The van der Waals surface area contributed by atoms with E-state index in [-0.39, 0.29) is 10.9 Å². The van der Waals surface area contributed by atoms with Crippen molar-refractivity contribution >= 4 is 15.9 Å². The van der Waals surface area contributed by atoms with Gasteiger partial charge in [-0.3, -0.25) is 9.71 Å². The molecule has 1 aromatic carbocycles. The Hall–Kier alpha value is -2.08. The number of hydrogen-bond donors (Lipinski definition) is 1. The molecule has 19 heavy (non-hydrogen) atoms. The highest BCUT2D eigenvalue weighted by atomic mass is 32.2. The average Bonchev–Trinajstić information content (AvgIpc) is 2.98. The van der Waals surface area contributed by atoms with Crippen molar-refractivity contribution in [2.75, 3.05) is 0 Å². The van der Waals surface area contributed by atoms with Crippen LogP contribution in [-0.2, 0) is 10.0 Å². The molecular formula is C13H12N2O3S. The van der Waals surface area contributed by atoms with E-state index in [1.54, 1.807) is 36.6 Å². The zero-order valence-corrected chi connectivity index (χ0v) is 11.0. The van der Waals surface area contributed by atoms with Gasteiger partial charge in [-0.25, -0.2) is 8.42 Å². The highest BCUT2D eigenvalue weighted by molar-refractivity contribution is 7.90. The van der Waals surface area contributed by atoms with E-state index in [2.05, 4.69) is 9.71 Å². The summed E-state index contributed by atoms with van der Waals surface area (Å²) in [5.74, 6) is 1.05. The van der Waals surface area contributed by atoms with Crippen molar-refractivity contribution in [3.05, 3.63) is 54.0 Å². The van der Waals surface area contributed by atoms with Crippen LogP contribution in [0.15, 0.2) is 57.0 Å². The topological polar surface area (TPSA) is 71.7 Å². The van der Waals surface area contributed by atoms with Crippen LogP contribution >= 0.6 is 0 Å². The summed E-state index contributed by atoms with van der Waals surface area (Å²) in [4.78, 5) is 4.65. The molecule has 0 amide bonds. The van der Waals surface area contributed by atoms with Crippen molar-refractivity contribution in [3.8, 4) is 0 Å². The Bertz CT molecular complexity index is 733. The highest BCUT2D eigenvalue weighted by Crippen LogP contribution is 2.25. The fourth-order valence-corrected chi connectivity index (χ4v) is 3.26. The molecule has 1 aromatic heterocycles. The smallest absolute Gasteiger partial charge is 0.263 e.